The average molecular weight is 327 g/mol. The van der Waals surface area contributed by atoms with Crippen LogP contribution in [0.15, 0.2) is 18.5 Å². The fourth-order valence-electron chi connectivity index (χ4n) is 3.78. The molecule has 2 N–H and O–H groups in total. The molecule has 3 rings (SSSR count). The molecule has 2 heterocycles. The van der Waals surface area contributed by atoms with E-state index in [1.54, 1.807) is 6.20 Å². The standard InChI is InChI=1S/C16H26N4O.ClH/c21-15(18-10-6-14-4-1-2-5-14)16(7-11-17-12-8-16)20-13-3-9-19-20;/h3,9,13-14,17H,1-2,4-8,10-12H2,(H,18,21);1H. The fourth-order valence-corrected chi connectivity index (χ4v) is 3.78. The van der Waals surface area contributed by atoms with Gasteiger partial charge in [-0.05, 0) is 44.3 Å². The molecule has 0 unspecified atom stereocenters. The second-order valence-corrected chi connectivity index (χ2v) is 6.43. The molecular weight excluding hydrogens is 300 g/mol. The van der Waals surface area contributed by atoms with Gasteiger partial charge in [-0.2, -0.15) is 5.10 Å². The van der Waals surface area contributed by atoms with Crippen molar-refractivity contribution < 1.29 is 4.79 Å². The van der Waals surface area contributed by atoms with Crippen molar-refractivity contribution in [3.63, 3.8) is 0 Å². The van der Waals surface area contributed by atoms with Gasteiger partial charge in [-0.3, -0.25) is 9.48 Å². The normalized spacial score (nSPS) is 21.3. The Labute approximate surface area is 138 Å². The van der Waals surface area contributed by atoms with Crippen LogP contribution in [-0.2, 0) is 10.3 Å². The summed E-state index contributed by atoms with van der Waals surface area (Å²) < 4.78 is 1.86. The number of carbonyl (C=O) groups excluding carboxylic acids is 1. The third-order valence-electron chi connectivity index (χ3n) is 5.11. The SMILES string of the molecule is Cl.O=C(NCCC1CCCC1)C1(n2cccn2)CCNCC1. The van der Waals surface area contributed by atoms with Crippen molar-refractivity contribution in [1.82, 2.24) is 20.4 Å². The Bertz CT molecular complexity index is 451. The molecule has 1 aromatic heterocycles. The van der Waals surface area contributed by atoms with Crippen LogP contribution in [0.2, 0.25) is 0 Å². The Morgan fingerprint density at radius 1 is 1.32 bits per heavy atom. The minimum absolute atomic E-state index is 0. The van der Waals surface area contributed by atoms with E-state index in [1.807, 2.05) is 16.9 Å². The highest BCUT2D eigenvalue weighted by Gasteiger charge is 2.41. The number of nitrogens with one attached hydrogen (secondary N) is 2. The van der Waals surface area contributed by atoms with E-state index >= 15 is 0 Å². The molecular formula is C16H27ClN4O. The van der Waals surface area contributed by atoms with Crippen molar-refractivity contribution in [2.45, 2.75) is 50.5 Å². The van der Waals surface area contributed by atoms with Crippen LogP contribution in [0.5, 0.6) is 0 Å². The molecule has 124 valence electrons. The summed E-state index contributed by atoms with van der Waals surface area (Å²) in [4.78, 5) is 12.8. The Hall–Kier alpha value is -1.07. The van der Waals surface area contributed by atoms with Crippen molar-refractivity contribution in [1.29, 1.82) is 0 Å². The molecule has 1 aliphatic heterocycles. The lowest BCUT2D eigenvalue weighted by Crippen LogP contribution is -2.54. The van der Waals surface area contributed by atoms with Gasteiger partial charge in [0.2, 0.25) is 5.91 Å². The van der Waals surface area contributed by atoms with Crippen molar-refractivity contribution >= 4 is 18.3 Å². The van der Waals surface area contributed by atoms with E-state index in [9.17, 15) is 4.79 Å². The highest BCUT2D eigenvalue weighted by atomic mass is 35.5. The maximum Gasteiger partial charge on any atom is 0.248 e. The van der Waals surface area contributed by atoms with E-state index in [2.05, 4.69) is 15.7 Å². The van der Waals surface area contributed by atoms with Gasteiger partial charge in [-0.25, -0.2) is 0 Å². The Balaban J connectivity index is 0.00000176. The molecule has 2 fully saturated rings. The highest BCUT2D eigenvalue weighted by molar-refractivity contribution is 5.85. The van der Waals surface area contributed by atoms with Gasteiger partial charge in [0.25, 0.3) is 0 Å². The van der Waals surface area contributed by atoms with Crippen LogP contribution in [0.3, 0.4) is 0 Å². The third kappa shape index (κ3) is 3.63. The largest absolute Gasteiger partial charge is 0.354 e. The van der Waals surface area contributed by atoms with Crippen LogP contribution >= 0.6 is 12.4 Å². The highest BCUT2D eigenvalue weighted by Crippen LogP contribution is 2.29. The molecule has 0 bridgehead atoms. The van der Waals surface area contributed by atoms with Gasteiger partial charge in [-0.15, -0.1) is 12.4 Å². The van der Waals surface area contributed by atoms with Gasteiger partial charge in [0.05, 0.1) is 0 Å². The molecule has 1 saturated carbocycles. The second-order valence-electron chi connectivity index (χ2n) is 6.43. The first kappa shape index (κ1) is 17.3. The maximum absolute atomic E-state index is 12.8. The summed E-state index contributed by atoms with van der Waals surface area (Å²) in [7, 11) is 0. The van der Waals surface area contributed by atoms with E-state index in [0.717, 1.165) is 44.8 Å². The molecule has 6 heteroatoms. The van der Waals surface area contributed by atoms with Crippen molar-refractivity contribution in [3.05, 3.63) is 18.5 Å². The van der Waals surface area contributed by atoms with Gasteiger partial charge in [0, 0.05) is 18.9 Å². The van der Waals surface area contributed by atoms with Crippen LogP contribution in [0.1, 0.15) is 44.9 Å². The van der Waals surface area contributed by atoms with E-state index < -0.39 is 5.54 Å². The summed E-state index contributed by atoms with van der Waals surface area (Å²) in [6, 6.07) is 1.90. The molecule has 1 saturated heterocycles. The monoisotopic (exact) mass is 326 g/mol. The van der Waals surface area contributed by atoms with Gasteiger partial charge >= 0.3 is 0 Å². The van der Waals surface area contributed by atoms with Gasteiger partial charge in [0.1, 0.15) is 5.54 Å². The van der Waals surface area contributed by atoms with Crippen molar-refractivity contribution in [2.75, 3.05) is 19.6 Å². The molecule has 22 heavy (non-hydrogen) atoms. The summed E-state index contributed by atoms with van der Waals surface area (Å²) in [5.41, 5.74) is -0.496. The van der Waals surface area contributed by atoms with Crippen LogP contribution in [-0.4, -0.2) is 35.3 Å². The fraction of sp³-hybridized carbons (Fsp3) is 0.750. The first-order valence-electron chi connectivity index (χ1n) is 8.30. The zero-order valence-electron chi connectivity index (χ0n) is 13.1. The Morgan fingerprint density at radius 2 is 2.05 bits per heavy atom. The maximum atomic E-state index is 12.8. The minimum atomic E-state index is -0.496. The zero-order valence-corrected chi connectivity index (χ0v) is 13.9. The average Bonchev–Trinajstić information content (AvgIpc) is 3.21. The first-order valence-corrected chi connectivity index (χ1v) is 8.30. The van der Waals surface area contributed by atoms with E-state index in [0.29, 0.717) is 0 Å². The summed E-state index contributed by atoms with van der Waals surface area (Å²) in [6.07, 6.45) is 11.8. The van der Waals surface area contributed by atoms with Gasteiger partial charge in [-0.1, -0.05) is 25.7 Å². The summed E-state index contributed by atoms with van der Waals surface area (Å²) >= 11 is 0. The summed E-state index contributed by atoms with van der Waals surface area (Å²) in [6.45, 7) is 2.55. The number of piperidine rings is 1. The first-order chi connectivity index (χ1) is 10.3. The number of halogens is 1. The second kappa shape index (κ2) is 7.97. The number of nitrogens with zero attached hydrogens (tertiary/aromatic N) is 2. The van der Waals surface area contributed by atoms with Crippen LogP contribution < -0.4 is 10.6 Å². The quantitative estimate of drug-likeness (QED) is 0.871. The lowest BCUT2D eigenvalue weighted by Gasteiger charge is -2.36. The molecule has 0 aromatic carbocycles. The zero-order chi connectivity index (χ0) is 14.5. The van der Waals surface area contributed by atoms with E-state index in [-0.39, 0.29) is 18.3 Å². The molecule has 0 atom stereocenters. The Kier molecular flexibility index (Phi) is 6.26. The molecule has 1 amide bonds. The molecule has 2 aliphatic rings. The topological polar surface area (TPSA) is 59.0 Å². The van der Waals surface area contributed by atoms with Gasteiger partial charge in [0.15, 0.2) is 0 Å². The summed E-state index contributed by atoms with van der Waals surface area (Å²) in [5.74, 6) is 0.963. The Morgan fingerprint density at radius 3 is 2.68 bits per heavy atom. The number of hydrogen-bond donors (Lipinski definition) is 2. The van der Waals surface area contributed by atoms with E-state index in [1.165, 1.54) is 25.7 Å². The lowest BCUT2D eigenvalue weighted by molar-refractivity contribution is -0.132. The molecule has 1 aromatic rings. The molecule has 5 nitrogen and oxygen atoms in total. The number of carbonyl (C=O) groups is 1. The number of aromatic nitrogens is 2. The number of rotatable bonds is 5. The van der Waals surface area contributed by atoms with Crippen molar-refractivity contribution in [3.8, 4) is 0 Å². The number of hydrogen-bond acceptors (Lipinski definition) is 3. The lowest BCUT2D eigenvalue weighted by atomic mass is 9.87. The van der Waals surface area contributed by atoms with Crippen molar-refractivity contribution in [2.24, 2.45) is 5.92 Å². The predicted octanol–water partition coefficient (Wildman–Crippen LogP) is 2.08. The van der Waals surface area contributed by atoms with Crippen LogP contribution in [0.25, 0.3) is 0 Å². The third-order valence-corrected chi connectivity index (χ3v) is 5.11. The number of amides is 1. The van der Waals surface area contributed by atoms with E-state index in [4.69, 9.17) is 0 Å². The molecule has 0 spiro atoms. The van der Waals surface area contributed by atoms with Crippen LogP contribution in [0.4, 0.5) is 0 Å². The predicted molar refractivity (Wildman–Crippen MR) is 89.1 cm³/mol. The van der Waals surface area contributed by atoms with Crippen LogP contribution in [0, 0.1) is 5.92 Å². The minimum Gasteiger partial charge on any atom is -0.354 e. The molecule has 0 radical (unpaired) electrons. The smallest absolute Gasteiger partial charge is 0.248 e. The summed E-state index contributed by atoms with van der Waals surface area (Å²) in [5, 5.41) is 10.9. The molecule has 1 aliphatic carbocycles. The van der Waals surface area contributed by atoms with Gasteiger partial charge < -0.3 is 10.6 Å².